The summed E-state index contributed by atoms with van der Waals surface area (Å²) in [5.41, 5.74) is 7.06. The molecule has 4 nitrogen and oxygen atoms in total. The summed E-state index contributed by atoms with van der Waals surface area (Å²) in [4.78, 5) is 8.39. The van der Waals surface area contributed by atoms with Crippen LogP contribution in [0.25, 0.3) is 0 Å². The number of nitrogens with zero attached hydrogens (tertiary/aromatic N) is 2. The average molecular weight is 283 g/mol. The van der Waals surface area contributed by atoms with Gasteiger partial charge in [0.2, 0.25) is 0 Å². The van der Waals surface area contributed by atoms with Gasteiger partial charge in [-0.05, 0) is 13.8 Å². The minimum absolute atomic E-state index is 0.0486. The lowest BCUT2D eigenvalue weighted by Crippen LogP contribution is -2.45. The summed E-state index contributed by atoms with van der Waals surface area (Å²) in [6.07, 6.45) is 0.513. The molecule has 1 aromatic heterocycles. The van der Waals surface area contributed by atoms with Crippen LogP contribution < -0.4 is 10.6 Å². The molecule has 1 aliphatic rings. The summed E-state index contributed by atoms with van der Waals surface area (Å²) < 4.78 is 5.78. The van der Waals surface area contributed by atoms with E-state index in [1.807, 2.05) is 0 Å². The quantitative estimate of drug-likeness (QED) is 0.906. The summed E-state index contributed by atoms with van der Waals surface area (Å²) in [5, 5.41) is 1.09. The zero-order chi connectivity index (χ0) is 14.2. The number of aromatic nitrogens is 1. The summed E-state index contributed by atoms with van der Waals surface area (Å²) in [6, 6.07) is 0. The molecule has 108 valence electrons. The van der Waals surface area contributed by atoms with Gasteiger partial charge >= 0.3 is 0 Å². The highest BCUT2D eigenvalue weighted by atomic mass is 32.1. The Labute approximate surface area is 120 Å². The Hall–Kier alpha value is -0.650. The maximum Gasteiger partial charge on any atom is 0.186 e. The van der Waals surface area contributed by atoms with Crippen LogP contribution in [0.3, 0.4) is 0 Å². The maximum atomic E-state index is 5.87. The number of nitrogens with two attached hydrogens (primary N) is 1. The molecule has 0 spiro atoms. The van der Waals surface area contributed by atoms with Crippen molar-refractivity contribution in [3.05, 3.63) is 10.6 Å². The molecule has 1 aliphatic heterocycles. The topological polar surface area (TPSA) is 51.4 Å². The predicted molar refractivity (Wildman–Crippen MR) is 80.9 cm³/mol. The third-order valence-electron chi connectivity index (χ3n) is 3.27. The number of morpholine rings is 1. The number of anilines is 1. The van der Waals surface area contributed by atoms with Crippen molar-refractivity contribution in [2.24, 2.45) is 5.73 Å². The van der Waals surface area contributed by atoms with E-state index in [9.17, 15) is 0 Å². The van der Waals surface area contributed by atoms with Crippen molar-refractivity contribution in [3.63, 3.8) is 0 Å². The lowest BCUT2D eigenvalue weighted by atomic mass is 9.91. The van der Waals surface area contributed by atoms with Crippen LogP contribution >= 0.6 is 11.3 Å². The Morgan fingerprint density at radius 3 is 2.32 bits per heavy atom. The van der Waals surface area contributed by atoms with Gasteiger partial charge in [0.25, 0.3) is 0 Å². The van der Waals surface area contributed by atoms with Crippen molar-refractivity contribution in [2.75, 3.05) is 18.0 Å². The maximum absolute atomic E-state index is 5.87. The molecule has 19 heavy (non-hydrogen) atoms. The second-order valence-corrected chi connectivity index (χ2v) is 7.45. The van der Waals surface area contributed by atoms with E-state index in [-0.39, 0.29) is 17.6 Å². The monoisotopic (exact) mass is 283 g/mol. The fraction of sp³-hybridized carbons (Fsp3) is 0.786. The van der Waals surface area contributed by atoms with E-state index in [2.05, 4.69) is 39.5 Å². The summed E-state index contributed by atoms with van der Waals surface area (Å²) in [6.45, 7) is 13.2. The van der Waals surface area contributed by atoms with Crippen LogP contribution in [-0.4, -0.2) is 30.3 Å². The van der Waals surface area contributed by atoms with Gasteiger partial charge in [-0.15, -0.1) is 11.3 Å². The highest BCUT2D eigenvalue weighted by Crippen LogP contribution is 2.34. The van der Waals surface area contributed by atoms with Crippen LogP contribution in [-0.2, 0) is 16.7 Å². The number of thiazole rings is 1. The van der Waals surface area contributed by atoms with E-state index in [0.29, 0.717) is 6.54 Å². The van der Waals surface area contributed by atoms with Crippen molar-refractivity contribution in [1.82, 2.24) is 4.98 Å². The van der Waals surface area contributed by atoms with Gasteiger partial charge in [-0.2, -0.15) is 0 Å². The molecule has 1 aromatic rings. The molecule has 0 saturated carbocycles. The van der Waals surface area contributed by atoms with Gasteiger partial charge in [-0.3, -0.25) is 0 Å². The number of rotatable bonds is 2. The molecular weight excluding hydrogens is 258 g/mol. The lowest BCUT2D eigenvalue weighted by molar-refractivity contribution is -0.00523. The first-order valence-corrected chi connectivity index (χ1v) is 7.73. The van der Waals surface area contributed by atoms with Crippen LogP contribution in [0.15, 0.2) is 0 Å². The van der Waals surface area contributed by atoms with E-state index < -0.39 is 0 Å². The van der Waals surface area contributed by atoms with Crippen LogP contribution in [0.1, 0.15) is 45.2 Å². The molecule has 0 aromatic carbocycles. The molecule has 2 N–H and O–H groups in total. The summed E-state index contributed by atoms with van der Waals surface area (Å²) in [5.74, 6) is 0. The molecule has 0 amide bonds. The largest absolute Gasteiger partial charge is 0.372 e. The smallest absolute Gasteiger partial charge is 0.186 e. The van der Waals surface area contributed by atoms with Gasteiger partial charge in [0.05, 0.1) is 17.9 Å². The normalized spacial score (nSPS) is 24.8. The molecule has 1 fully saturated rings. The zero-order valence-corrected chi connectivity index (χ0v) is 13.4. The minimum atomic E-state index is 0.0486. The Balaban J connectivity index is 2.28. The molecule has 0 aliphatic carbocycles. The molecule has 2 atom stereocenters. The molecule has 0 radical (unpaired) electrons. The second kappa shape index (κ2) is 5.38. The fourth-order valence-electron chi connectivity index (χ4n) is 2.53. The van der Waals surface area contributed by atoms with Crippen molar-refractivity contribution in [3.8, 4) is 0 Å². The summed E-state index contributed by atoms with van der Waals surface area (Å²) >= 11 is 1.73. The highest BCUT2D eigenvalue weighted by Gasteiger charge is 2.28. The van der Waals surface area contributed by atoms with Gasteiger partial charge in [-0.1, -0.05) is 20.8 Å². The number of ether oxygens (including phenoxy) is 1. The Bertz CT molecular complexity index is 428. The third kappa shape index (κ3) is 3.27. The predicted octanol–water partition coefficient (Wildman–Crippen LogP) is 2.51. The first-order chi connectivity index (χ1) is 8.81. The van der Waals surface area contributed by atoms with E-state index in [1.165, 1.54) is 4.88 Å². The van der Waals surface area contributed by atoms with E-state index in [4.69, 9.17) is 15.5 Å². The van der Waals surface area contributed by atoms with Crippen molar-refractivity contribution in [2.45, 2.75) is 58.8 Å². The molecule has 1 saturated heterocycles. The van der Waals surface area contributed by atoms with E-state index >= 15 is 0 Å². The molecule has 2 heterocycles. The van der Waals surface area contributed by atoms with Crippen LogP contribution in [0.4, 0.5) is 5.13 Å². The third-order valence-corrected chi connectivity index (χ3v) is 4.41. The Morgan fingerprint density at radius 2 is 1.89 bits per heavy atom. The SMILES string of the molecule is C[C@@H]1CN(c2nc(C(C)(C)C)c(CN)s2)C[C@H](C)O1. The van der Waals surface area contributed by atoms with Gasteiger partial charge in [0.15, 0.2) is 5.13 Å². The van der Waals surface area contributed by atoms with Crippen molar-refractivity contribution < 1.29 is 4.74 Å². The molecule has 2 rings (SSSR count). The molecule has 5 heteroatoms. The zero-order valence-electron chi connectivity index (χ0n) is 12.6. The first kappa shape index (κ1) is 14.8. The Kier molecular flexibility index (Phi) is 4.18. The number of hydrogen-bond donors (Lipinski definition) is 1. The van der Waals surface area contributed by atoms with E-state index in [1.54, 1.807) is 11.3 Å². The van der Waals surface area contributed by atoms with Gasteiger partial charge in [-0.25, -0.2) is 4.98 Å². The average Bonchev–Trinajstić information content (AvgIpc) is 2.71. The Morgan fingerprint density at radius 1 is 1.32 bits per heavy atom. The molecular formula is C14H25N3OS. The van der Waals surface area contributed by atoms with Gasteiger partial charge in [0.1, 0.15) is 0 Å². The van der Waals surface area contributed by atoms with Crippen LogP contribution in [0.2, 0.25) is 0 Å². The minimum Gasteiger partial charge on any atom is -0.372 e. The second-order valence-electron chi connectivity index (χ2n) is 6.38. The summed E-state index contributed by atoms with van der Waals surface area (Å²) in [7, 11) is 0. The van der Waals surface area contributed by atoms with Crippen LogP contribution in [0, 0.1) is 0 Å². The van der Waals surface area contributed by atoms with Crippen molar-refractivity contribution in [1.29, 1.82) is 0 Å². The van der Waals surface area contributed by atoms with E-state index in [0.717, 1.165) is 23.9 Å². The van der Waals surface area contributed by atoms with Gasteiger partial charge in [0, 0.05) is 29.9 Å². The van der Waals surface area contributed by atoms with Crippen molar-refractivity contribution >= 4 is 16.5 Å². The molecule has 0 unspecified atom stereocenters. The highest BCUT2D eigenvalue weighted by molar-refractivity contribution is 7.15. The number of hydrogen-bond acceptors (Lipinski definition) is 5. The van der Waals surface area contributed by atoms with Crippen LogP contribution in [0.5, 0.6) is 0 Å². The lowest BCUT2D eigenvalue weighted by Gasteiger charge is -2.35. The molecule has 0 bridgehead atoms. The van der Waals surface area contributed by atoms with Gasteiger partial charge < -0.3 is 15.4 Å². The standard InChI is InChI=1S/C14H25N3OS/c1-9-7-17(8-10(2)18-9)13-16-12(14(3,4)5)11(6-15)19-13/h9-10H,6-8,15H2,1-5H3/t9-,10+. The first-order valence-electron chi connectivity index (χ1n) is 6.92. The fourth-order valence-corrected chi connectivity index (χ4v) is 3.70.